The lowest BCUT2D eigenvalue weighted by Gasteiger charge is -2.17. The molecule has 134 valence electrons. The minimum absolute atomic E-state index is 0.127. The van der Waals surface area contributed by atoms with Gasteiger partial charge in [0, 0.05) is 29.6 Å². The van der Waals surface area contributed by atoms with E-state index in [9.17, 15) is 9.59 Å². The normalized spacial score (nSPS) is 19.2. The highest BCUT2D eigenvalue weighted by Gasteiger charge is 2.40. The number of hydrogen-bond donors (Lipinski definition) is 2. The number of likely N-dealkylation sites (tertiary alicyclic amines) is 1. The van der Waals surface area contributed by atoms with Crippen molar-refractivity contribution in [2.24, 2.45) is 22.4 Å². The standard InChI is InChI=1S/C19H19ClN4O2/c20-14-8-4-7-13(9-14)15-10-24(11-16(15)17(25)23-19(21)22)18(26)12-5-2-1-3-6-12/h1-9,15-16H,10-11H2,(H4,21,22,23,25)/t15-,16+/m1/s1. The first-order valence-corrected chi connectivity index (χ1v) is 8.57. The van der Waals surface area contributed by atoms with Crippen LogP contribution in [0.3, 0.4) is 0 Å². The summed E-state index contributed by atoms with van der Waals surface area (Å²) in [6.45, 7) is 0.644. The molecule has 0 bridgehead atoms. The van der Waals surface area contributed by atoms with E-state index in [2.05, 4.69) is 4.99 Å². The van der Waals surface area contributed by atoms with Crippen LogP contribution in [0.25, 0.3) is 0 Å². The van der Waals surface area contributed by atoms with E-state index >= 15 is 0 Å². The van der Waals surface area contributed by atoms with E-state index in [1.165, 1.54) is 0 Å². The number of benzene rings is 2. The quantitative estimate of drug-likeness (QED) is 0.637. The Morgan fingerprint density at radius 1 is 1.04 bits per heavy atom. The highest BCUT2D eigenvalue weighted by Crippen LogP contribution is 2.35. The number of halogens is 1. The topological polar surface area (TPSA) is 102 Å². The van der Waals surface area contributed by atoms with Crippen LogP contribution in [0.5, 0.6) is 0 Å². The molecule has 26 heavy (non-hydrogen) atoms. The average molecular weight is 371 g/mol. The second kappa shape index (κ2) is 7.58. The number of aliphatic imine (C=N–C) groups is 1. The third-order valence-electron chi connectivity index (χ3n) is 4.46. The van der Waals surface area contributed by atoms with Gasteiger partial charge in [-0.05, 0) is 29.8 Å². The molecule has 7 heteroatoms. The molecule has 1 heterocycles. The SMILES string of the molecule is NC(N)=NC(=O)[C@H]1CN(C(=O)c2ccccc2)C[C@@H]1c1cccc(Cl)c1. The first-order valence-electron chi connectivity index (χ1n) is 8.19. The van der Waals surface area contributed by atoms with Crippen molar-refractivity contribution in [3.05, 3.63) is 70.7 Å². The van der Waals surface area contributed by atoms with Gasteiger partial charge in [-0.2, -0.15) is 4.99 Å². The Balaban J connectivity index is 1.91. The average Bonchev–Trinajstić information content (AvgIpc) is 3.07. The van der Waals surface area contributed by atoms with Crippen LogP contribution < -0.4 is 11.5 Å². The summed E-state index contributed by atoms with van der Waals surface area (Å²) in [6.07, 6.45) is 0. The number of carbonyl (C=O) groups excluding carboxylic acids is 2. The Labute approximate surface area is 156 Å². The minimum Gasteiger partial charge on any atom is -0.370 e. The zero-order chi connectivity index (χ0) is 18.7. The molecule has 1 aliphatic heterocycles. The fourth-order valence-electron chi connectivity index (χ4n) is 3.27. The van der Waals surface area contributed by atoms with Gasteiger partial charge >= 0.3 is 0 Å². The summed E-state index contributed by atoms with van der Waals surface area (Å²) >= 11 is 6.10. The van der Waals surface area contributed by atoms with Crippen molar-refractivity contribution in [1.82, 2.24) is 4.90 Å². The van der Waals surface area contributed by atoms with E-state index in [0.29, 0.717) is 17.1 Å². The second-order valence-electron chi connectivity index (χ2n) is 6.22. The van der Waals surface area contributed by atoms with Crippen LogP contribution in [0.4, 0.5) is 0 Å². The van der Waals surface area contributed by atoms with Gasteiger partial charge in [0.25, 0.3) is 11.8 Å². The fourth-order valence-corrected chi connectivity index (χ4v) is 3.47. The molecule has 2 aromatic rings. The number of rotatable bonds is 3. The predicted molar refractivity (Wildman–Crippen MR) is 101 cm³/mol. The van der Waals surface area contributed by atoms with Gasteiger partial charge in [0.1, 0.15) is 0 Å². The number of amides is 2. The Bertz CT molecular complexity index is 850. The molecule has 0 radical (unpaired) electrons. The number of carbonyl (C=O) groups is 2. The van der Waals surface area contributed by atoms with Crippen molar-refractivity contribution in [3.63, 3.8) is 0 Å². The van der Waals surface area contributed by atoms with E-state index in [1.54, 1.807) is 41.3 Å². The highest BCUT2D eigenvalue weighted by molar-refractivity contribution is 6.30. The summed E-state index contributed by atoms with van der Waals surface area (Å²) in [5.41, 5.74) is 12.2. The van der Waals surface area contributed by atoms with Crippen LogP contribution in [0, 0.1) is 5.92 Å². The van der Waals surface area contributed by atoms with Gasteiger partial charge in [-0.1, -0.05) is 41.9 Å². The highest BCUT2D eigenvalue weighted by atomic mass is 35.5. The van der Waals surface area contributed by atoms with Gasteiger partial charge in [-0.3, -0.25) is 9.59 Å². The maximum atomic E-state index is 12.8. The molecule has 0 saturated carbocycles. The molecular formula is C19H19ClN4O2. The van der Waals surface area contributed by atoms with Crippen molar-refractivity contribution >= 4 is 29.4 Å². The number of nitrogens with zero attached hydrogens (tertiary/aromatic N) is 2. The molecular weight excluding hydrogens is 352 g/mol. The van der Waals surface area contributed by atoms with Gasteiger partial charge in [0.05, 0.1) is 5.92 Å². The Morgan fingerprint density at radius 3 is 2.42 bits per heavy atom. The molecule has 2 aromatic carbocycles. The molecule has 1 aliphatic rings. The van der Waals surface area contributed by atoms with E-state index in [1.807, 2.05) is 18.2 Å². The second-order valence-corrected chi connectivity index (χ2v) is 6.66. The molecule has 1 saturated heterocycles. The van der Waals surface area contributed by atoms with Crippen LogP contribution >= 0.6 is 11.6 Å². The van der Waals surface area contributed by atoms with Gasteiger partial charge in [0.2, 0.25) is 0 Å². The summed E-state index contributed by atoms with van der Waals surface area (Å²) in [7, 11) is 0. The molecule has 0 spiro atoms. The fraction of sp³-hybridized carbons (Fsp3) is 0.211. The summed E-state index contributed by atoms with van der Waals surface area (Å²) in [6, 6.07) is 16.2. The first-order chi connectivity index (χ1) is 12.5. The van der Waals surface area contributed by atoms with Crippen LogP contribution in [0.1, 0.15) is 21.8 Å². The van der Waals surface area contributed by atoms with Crippen LogP contribution in [-0.4, -0.2) is 35.8 Å². The zero-order valence-corrected chi connectivity index (χ0v) is 14.8. The van der Waals surface area contributed by atoms with E-state index < -0.39 is 11.8 Å². The monoisotopic (exact) mass is 370 g/mol. The first kappa shape index (κ1) is 17.9. The third-order valence-corrected chi connectivity index (χ3v) is 4.70. The molecule has 0 aliphatic carbocycles. The third kappa shape index (κ3) is 3.86. The van der Waals surface area contributed by atoms with Crippen LogP contribution in [-0.2, 0) is 4.79 Å². The van der Waals surface area contributed by atoms with E-state index in [-0.39, 0.29) is 24.3 Å². The van der Waals surface area contributed by atoms with E-state index in [0.717, 1.165) is 5.56 Å². The van der Waals surface area contributed by atoms with Crippen LogP contribution in [0.2, 0.25) is 5.02 Å². The van der Waals surface area contributed by atoms with Crippen molar-refractivity contribution in [3.8, 4) is 0 Å². The van der Waals surface area contributed by atoms with Gasteiger partial charge in [0.15, 0.2) is 5.96 Å². The van der Waals surface area contributed by atoms with Crippen LogP contribution in [0.15, 0.2) is 59.6 Å². The molecule has 2 amide bonds. The minimum atomic E-state index is -0.525. The predicted octanol–water partition coefficient (Wildman–Crippen LogP) is 2.00. The van der Waals surface area contributed by atoms with Crippen molar-refractivity contribution in [2.45, 2.75) is 5.92 Å². The van der Waals surface area contributed by atoms with Crippen molar-refractivity contribution < 1.29 is 9.59 Å². The van der Waals surface area contributed by atoms with Crippen molar-refractivity contribution in [1.29, 1.82) is 0 Å². The molecule has 3 rings (SSSR count). The summed E-state index contributed by atoms with van der Waals surface area (Å²) in [5, 5.41) is 0.573. The smallest absolute Gasteiger partial charge is 0.254 e. The summed E-state index contributed by atoms with van der Waals surface area (Å²) in [4.78, 5) is 30.6. The lowest BCUT2D eigenvalue weighted by Crippen LogP contribution is -2.31. The molecule has 2 atom stereocenters. The van der Waals surface area contributed by atoms with Gasteiger partial charge in [-0.25, -0.2) is 0 Å². The van der Waals surface area contributed by atoms with E-state index in [4.69, 9.17) is 23.1 Å². The molecule has 1 fully saturated rings. The van der Waals surface area contributed by atoms with Crippen molar-refractivity contribution in [2.75, 3.05) is 13.1 Å². The molecule has 6 nitrogen and oxygen atoms in total. The Kier molecular flexibility index (Phi) is 5.23. The summed E-state index contributed by atoms with van der Waals surface area (Å²) in [5.74, 6) is -1.59. The maximum Gasteiger partial charge on any atom is 0.254 e. The molecule has 0 unspecified atom stereocenters. The van der Waals surface area contributed by atoms with Gasteiger partial charge < -0.3 is 16.4 Å². The lowest BCUT2D eigenvalue weighted by molar-refractivity contribution is -0.121. The molecule has 0 aromatic heterocycles. The number of guanidine groups is 1. The maximum absolute atomic E-state index is 12.8. The molecule has 4 N–H and O–H groups in total. The Morgan fingerprint density at radius 2 is 1.77 bits per heavy atom. The summed E-state index contributed by atoms with van der Waals surface area (Å²) < 4.78 is 0. The largest absolute Gasteiger partial charge is 0.370 e. The number of nitrogens with two attached hydrogens (primary N) is 2. The lowest BCUT2D eigenvalue weighted by atomic mass is 9.88. The Hall–Kier alpha value is -2.86. The number of hydrogen-bond acceptors (Lipinski definition) is 2. The zero-order valence-electron chi connectivity index (χ0n) is 14.0. The van der Waals surface area contributed by atoms with Gasteiger partial charge in [-0.15, -0.1) is 0 Å².